The Labute approximate surface area is 163 Å². The normalized spacial score (nSPS) is 10.9. The number of amides is 1. The molecule has 0 aliphatic carbocycles. The molecule has 2 heterocycles. The Balaban J connectivity index is 1.77. The van der Waals surface area contributed by atoms with Gasteiger partial charge in [-0.1, -0.05) is 24.3 Å². The fraction of sp³-hybridized carbons (Fsp3) is 0.238. The summed E-state index contributed by atoms with van der Waals surface area (Å²) in [7, 11) is 5.41. The maximum atomic E-state index is 12.1. The average molecular weight is 377 g/mol. The van der Waals surface area contributed by atoms with Crippen LogP contribution in [0.4, 0.5) is 0 Å². The number of nitrogens with zero attached hydrogens (tertiary/aromatic N) is 4. The van der Waals surface area contributed by atoms with E-state index in [1.165, 1.54) is 6.07 Å². The van der Waals surface area contributed by atoms with E-state index in [-0.39, 0.29) is 11.5 Å². The summed E-state index contributed by atoms with van der Waals surface area (Å²) >= 11 is 0. The van der Waals surface area contributed by atoms with Gasteiger partial charge >= 0.3 is 0 Å². The zero-order valence-corrected chi connectivity index (χ0v) is 16.2. The number of benzene rings is 1. The second kappa shape index (κ2) is 8.58. The molecule has 7 heteroatoms. The monoisotopic (exact) mass is 377 g/mol. The topological polar surface area (TPSA) is 82.2 Å². The predicted octanol–water partition coefficient (Wildman–Crippen LogP) is 2.02. The Kier molecular flexibility index (Phi) is 5.96. The maximum Gasteiger partial charge on any atom is 0.251 e. The molecule has 1 aromatic carbocycles. The number of nitrogens with one attached hydrogen (secondary N) is 1. The van der Waals surface area contributed by atoms with Crippen LogP contribution in [-0.2, 0) is 11.3 Å². The van der Waals surface area contributed by atoms with Crippen molar-refractivity contribution in [3.8, 4) is 22.6 Å². The van der Waals surface area contributed by atoms with Gasteiger partial charge in [0.25, 0.3) is 5.56 Å². The van der Waals surface area contributed by atoms with Gasteiger partial charge in [0.05, 0.1) is 12.2 Å². The van der Waals surface area contributed by atoms with Gasteiger partial charge in [0.1, 0.15) is 5.82 Å². The second-order valence-corrected chi connectivity index (χ2v) is 6.88. The summed E-state index contributed by atoms with van der Waals surface area (Å²) < 4.78 is 0. The van der Waals surface area contributed by atoms with Crippen LogP contribution in [0.15, 0.2) is 59.7 Å². The molecule has 28 heavy (non-hydrogen) atoms. The van der Waals surface area contributed by atoms with E-state index in [0.29, 0.717) is 24.6 Å². The van der Waals surface area contributed by atoms with Gasteiger partial charge in [-0.05, 0) is 24.7 Å². The molecule has 0 fully saturated rings. The van der Waals surface area contributed by atoms with Crippen molar-refractivity contribution in [2.24, 2.45) is 0 Å². The SMILES string of the molecule is CN(CC(=O)N(C)C)Cc1ccc(-c2nc(-c3cccnc3)cc(=O)[nH]2)cc1. The van der Waals surface area contributed by atoms with Crippen molar-refractivity contribution >= 4 is 5.91 Å². The summed E-state index contributed by atoms with van der Waals surface area (Å²) in [4.78, 5) is 38.8. The van der Waals surface area contributed by atoms with Crippen LogP contribution >= 0.6 is 0 Å². The number of hydrogen-bond acceptors (Lipinski definition) is 5. The number of carbonyl (C=O) groups is 1. The highest BCUT2D eigenvalue weighted by atomic mass is 16.2. The smallest absolute Gasteiger partial charge is 0.251 e. The van der Waals surface area contributed by atoms with Crippen molar-refractivity contribution in [3.05, 3.63) is 70.8 Å². The molecule has 0 spiro atoms. The van der Waals surface area contributed by atoms with E-state index in [2.05, 4.69) is 15.0 Å². The second-order valence-electron chi connectivity index (χ2n) is 6.88. The first-order valence-electron chi connectivity index (χ1n) is 8.92. The molecular weight excluding hydrogens is 354 g/mol. The minimum Gasteiger partial charge on any atom is -0.348 e. The van der Waals surface area contributed by atoms with Gasteiger partial charge in [-0.15, -0.1) is 0 Å². The third-order valence-corrected chi connectivity index (χ3v) is 4.28. The van der Waals surface area contributed by atoms with Crippen LogP contribution in [0, 0.1) is 0 Å². The maximum absolute atomic E-state index is 12.1. The van der Waals surface area contributed by atoms with E-state index in [0.717, 1.165) is 16.7 Å². The molecule has 0 aliphatic rings. The minimum atomic E-state index is -0.213. The van der Waals surface area contributed by atoms with Crippen LogP contribution < -0.4 is 5.56 Å². The van der Waals surface area contributed by atoms with Crippen molar-refractivity contribution in [1.29, 1.82) is 0 Å². The molecule has 0 saturated carbocycles. The standard InChI is InChI=1S/C21H23N5O2/c1-25(2)20(28)14-26(3)13-15-6-8-16(9-7-15)21-23-18(11-19(27)24-21)17-5-4-10-22-12-17/h4-12H,13-14H2,1-3H3,(H,23,24,27). The summed E-state index contributed by atoms with van der Waals surface area (Å²) in [5, 5.41) is 0. The highest BCUT2D eigenvalue weighted by Gasteiger charge is 2.10. The number of aromatic nitrogens is 3. The van der Waals surface area contributed by atoms with Gasteiger partial charge in [-0.25, -0.2) is 4.98 Å². The third kappa shape index (κ3) is 4.89. The zero-order valence-electron chi connectivity index (χ0n) is 16.2. The van der Waals surface area contributed by atoms with E-state index in [1.54, 1.807) is 31.4 Å². The Morgan fingerprint density at radius 1 is 1.07 bits per heavy atom. The molecule has 3 rings (SSSR count). The van der Waals surface area contributed by atoms with Crippen molar-refractivity contribution in [1.82, 2.24) is 24.8 Å². The Hall–Kier alpha value is -3.32. The molecule has 0 bridgehead atoms. The van der Waals surface area contributed by atoms with Gasteiger partial charge in [0.2, 0.25) is 5.91 Å². The molecule has 7 nitrogen and oxygen atoms in total. The number of H-pyrrole nitrogens is 1. The highest BCUT2D eigenvalue weighted by molar-refractivity contribution is 5.77. The lowest BCUT2D eigenvalue weighted by Crippen LogP contribution is -2.34. The quantitative estimate of drug-likeness (QED) is 0.711. The highest BCUT2D eigenvalue weighted by Crippen LogP contribution is 2.19. The van der Waals surface area contributed by atoms with E-state index in [9.17, 15) is 9.59 Å². The van der Waals surface area contributed by atoms with Crippen molar-refractivity contribution in [2.45, 2.75) is 6.54 Å². The van der Waals surface area contributed by atoms with Crippen LogP contribution in [0.2, 0.25) is 0 Å². The fourth-order valence-corrected chi connectivity index (χ4v) is 2.76. The van der Waals surface area contributed by atoms with Gasteiger partial charge in [0.15, 0.2) is 0 Å². The van der Waals surface area contributed by atoms with Crippen LogP contribution in [0.25, 0.3) is 22.6 Å². The van der Waals surface area contributed by atoms with E-state index >= 15 is 0 Å². The van der Waals surface area contributed by atoms with Gasteiger partial charge in [-0.2, -0.15) is 0 Å². The molecule has 0 radical (unpaired) electrons. The van der Waals surface area contributed by atoms with E-state index < -0.39 is 0 Å². The van der Waals surface area contributed by atoms with Crippen LogP contribution in [0.1, 0.15) is 5.56 Å². The number of hydrogen-bond donors (Lipinski definition) is 1. The van der Waals surface area contributed by atoms with E-state index in [4.69, 9.17) is 0 Å². The zero-order chi connectivity index (χ0) is 20.1. The molecule has 1 amide bonds. The van der Waals surface area contributed by atoms with Crippen LogP contribution in [0.3, 0.4) is 0 Å². The lowest BCUT2D eigenvalue weighted by Gasteiger charge is -2.19. The summed E-state index contributed by atoms with van der Waals surface area (Å²) in [6.07, 6.45) is 3.36. The van der Waals surface area contributed by atoms with Gasteiger partial charge in [0, 0.05) is 50.2 Å². The number of rotatable bonds is 6. The average Bonchev–Trinajstić information content (AvgIpc) is 2.68. The molecule has 144 valence electrons. The molecule has 0 saturated heterocycles. The van der Waals surface area contributed by atoms with E-state index in [1.807, 2.05) is 48.3 Å². The first kappa shape index (κ1) is 19.4. The Bertz CT molecular complexity index is 997. The largest absolute Gasteiger partial charge is 0.348 e. The molecule has 0 atom stereocenters. The van der Waals surface area contributed by atoms with Crippen molar-refractivity contribution < 1.29 is 4.79 Å². The molecular formula is C21H23N5O2. The summed E-state index contributed by atoms with van der Waals surface area (Å²) in [5.41, 5.74) is 3.05. The van der Waals surface area contributed by atoms with Gasteiger partial charge in [-0.3, -0.25) is 19.5 Å². The van der Waals surface area contributed by atoms with Crippen LogP contribution in [-0.4, -0.2) is 58.3 Å². The first-order valence-corrected chi connectivity index (χ1v) is 8.92. The number of pyridine rings is 1. The fourth-order valence-electron chi connectivity index (χ4n) is 2.76. The Morgan fingerprint density at radius 2 is 1.82 bits per heavy atom. The molecule has 3 aromatic rings. The summed E-state index contributed by atoms with van der Waals surface area (Å²) in [6, 6.07) is 12.9. The lowest BCUT2D eigenvalue weighted by atomic mass is 10.1. The number of carbonyl (C=O) groups excluding carboxylic acids is 1. The van der Waals surface area contributed by atoms with Crippen molar-refractivity contribution in [3.63, 3.8) is 0 Å². The summed E-state index contributed by atoms with van der Waals surface area (Å²) in [5.74, 6) is 0.571. The molecule has 1 N–H and O–H groups in total. The van der Waals surface area contributed by atoms with Crippen LogP contribution in [0.5, 0.6) is 0 Å². The minimum absolute atomic E-state index is 0.0631. The number of aromatic amines is 1. The molecule has 0 unspecified atom stereocenters. The van der Waals surface area contributed by atoms with Gasteiger partial charge < -0.3 is 9.88 Å². The lowest BCUT2D eigenvalue weighted by molar-refractivity contribution is -0.129. The molecule has 0 aliphatic heterocycles. The predicted molar refractivity (Wildman–Crippen MR) is 109 cm³/mol. The first-order chi connectivity index (χ1) is 13.4. The van der Waals surface area contributed by atoms with Crippen molar-refractivity contribution in [2.75, 3.05) is 27.7 Å². The third-order valence-electron chi connectivity index (χ3n) is 4.28. The molecule has 2 aromatic heterocycles. The number of likely N-dealkylation sites (N-methyl/N-ethyl adjacent to an activating group) is 2. The Morgan fingerprint density at radius 3 is 2.46 bits per heavy atom. The summed E-state index contributed by atoms with van der Waals surface area (Å²) in [6.45, 7) is 1.01.